The number of benzene rings is 2. The van der Waals surface area contributed by atoms with Gasteiger partial charge in [-0.1, -0.05) is 30.3 Å². The van der Waals surface area contributed by atoms with Crippen LogP contribution in [0.15, 0.2) is 48.5 Å². The Labute approximate surface area is 166 Å². The van der Waals surface area contributed by atoms with Crippen molar-refractivity contribution in [3.8, 4) is 0 Å². The third kappa shape index (κ3) is 3.94. The maximum absolute atomic E-state index is 12.9. The van der Waals surface area contributed by atoms with Gasteiger partial charge in [0.1, 0.15) is 0 Å². The van der Waals surface area contributed by atoms with Crippen molar-refractivity contribution in [2.75, 3.05) is 44.2 Å². The van der Waals surface area contributed by atoms with Crippen molar-refractivity contribution in [1.29, 1.82) is 0 Å². The summed E-state index contributed by atoms with van der Waals surface area (Å²) in [5, 5.41) is 0. The molecule has 5 heteroatoms. The highest BCUT2D eigenvalue weighted by atomic mass is 16.2. The van der Waals surface area contributed by atoms with Crippen molar-refractivity contribution in [1.82, 2.24) is 9.80 Å². The number of hydrogen-bond donors (Lipinski definition) is 0. The number of fused-ring (bicyclic) bond motifs is 1. The van der Waals surface area contributed by atoms with Gasteiger partial charge in [-0.25, -0.2) is 0 Å². The Bertz CT molecular complexity index is 857. The lowest BCUT2D eigenvalue weighted by molar-refractivity contribution is -0.116. The largest absolute Gasteiger partial charge is 0.336 e. The van der Waals surface area contributed by atoms with E-state index in [1.165, 1.54) is 5.56 Å². The molecule has 2 heterocycles. The molecule has 146 valence electrons. The maximum Gasteiger partial charge on any atom is 0.253 e. The molecular weight excluding hydrogens is 350 g/mol. The van der Waals surface area contributed by atoms with Crippen molar-refractivity contribution >= 4 is 17.5 Å². The van der Waals surface area contributed by atoms with E-state index < -0.39 is 0 Å². The third-order valence-electron chi connectivity index (χ3n) is 5.82. The first-order chi connectivity index (χ1) is 13.6. The zero-order chi connectivity index (χ0) is 19.5. The number of piperazine rings is 1. The Morgan fingerprint density at radius 1 is 0.929 bits per heavy atom. The number of amides is 2. The highest BCUT2D eigenvalue weighted by Crippen LogP contribution is 2.29. The van der Waals surface area contributed by atoms with Gasteiger partial charge in [0.05, 0.1) is 0 Å². The van der Waals surface area contributed by atoms with Crippen LogP contribution < -0.4 is 4.90 Å². The molecule has 0 saturated carbocycles. The van der Waals surface area contributed by atoms with E-state index >= 15 is 0 Å². The van der Waals surface area contributed by atoms with E-state index in [1.807, 2.05) is 29.2 Å². The molecule has 28 heavy (non-hydrogen) atoms. The van der Waals surface area contributed by atoms with E-state index in [4.69, 9.17) is 0 Å². The van der Waals surface area contributed by atoms with Gasteiger partial charge < -0.3 is 9.80 Å². The molecule has 2 aromatic carbocycles. The summed E-state index contributed by atoms with van der Waals surface area (Å²) in [6.07, 6.45) is 1.87. The van der Waals surface area contributed by atoms with Crippen LogP contribution in [0.25, 0.3) is 0 Å². The molecule has 2 aliphatic heterocycles. The van der Waals surface area contributed by atoms with Crippen molar-refractivity contribution < 1.29 is 9.59 Å². The first-order valence-corrected chi connectivity index (χ1v) is 10.1. The molecule has 1 saturated heterocycles. The highest BCUT2D eigenvalue weighted by Gasteiger charge is 2.26. The van der Waals surface area contributed by atoms with Crippen molar-refractivity contribution in [3.05, 3.63) is 65.2 Å². The fourth-order valence-corrected chi connectivity index (χ4v) is 4.15. The average molecular weight is 377 g/mol. The summed E-state index contributed by atoms with van der Waals surface area (Å²) in [6, 6.07) is 16.3. The van der Waals surface area contributed by atoms with Crippen molar-refractivity contribution in [3.63, 3.8) is 0 Å². The van der Waals surface area contributed by atoms with Crippen LogP contribution in [0.3, 0.4) is 0 Å². The minimum absolute atomic E-state index is 0.0597. The van der Waals surface area contributed by atoms with Crippen LogP contribution >= 0.6 is 0 Å². The van der Waals surface area contributed by atoms with Gasteiger partial charge in [-0.2, -0.15) is 0 Å². The van der Waals surface area contributed by atoms with E-state index in [9.17, 15) is 9.59 Å². The van der Waals surface area contributed by atoms with Gasteiger partial charge in [-0.3, -0.25) is 14.5 Å². The molecule has 0 N–H and O–H groups in total. The molecule has 0 aromatic heterocycles. The summed E-state index contributed by atoms with van der Waals surface area (Å²) >= 11 is 0. The van der Waals surface area contributed by atoms with Gasteiger partial charge in [-0.15, -0.1) is 0 Å². The molecule has 0 spiro atoms. The molecule has 4 rings (SSSR count). The van der Waals surface area contributed by atoms with E-state index in [-0.39, 0.29) is 11.8 Å². The Hall–Kier alpha value is -2.66. The first-order valence-electron chi connectivity index (χ1n) is 10.1. The van der Waals surface area contributed by atoms with Crippen molar-refractivity contribution in [2.24, 2.45) is 0 Å². The summed E-state index contributed by atoms with van der Waals surface area (Å²) in [4.78, 5) is 30.8. The molecule has 1 fully saturated rings. The SMILES string of the molecule is CC(=O)N1CCc2cc(C(=O)N3CCN(CCc4ccccc4)CC3)ccc21. The third-order valence-corrected chi connectivity index (χ3v) is 5.82. The number of hydrogen-bond acceptors (Lipinski definition) is 3. The number of carbonyl (C=O) groups is 2. The number of anilines is 1. The lowest BCUT2D eigenvalue weighted by Gasteiger charge is -2.35. The predicted octanol–water partition coefficient (Wildman–Crippen LogP) is 2.60. The normalized spacial score (nSPS) is 16.9. The van der Waals surface area contributed by atoms with Crippen LogP contribution in [-0.4, -0.2) is 60.9 Å². The summed E-state index contributed by atoms with van der Waals surface area (Å²) < 4.78 is 0. The molecular formula is C23H27N3O2. The van der Waals surface area contributed by atoms with Crippen LogP contribution in [-0.2, 0) is 17.6 Å². The summed E-state index contributed by atoms with van der Waals surface area (Å²) in [6.45, 7) is 6.71. The minimum Gasteiger partial charge on any atom is -0.336 e. The molecule has 0 unspecified atom stereocenters. The standard InChI is InChI=1S/C23H27N3O2/c1-18(27)26-12-10-20-17-21(7-8-22(20)26)23(28)25-15-13-24(14-16-25)11-9-19-5-3-2-4-6-19/h2-8,17H,9-16H2,1H3. The van der Waals surface area contributed by atoms with Gasteiger partial charge in [0.15, 0.2) is 0 Å². The lowest BCUT2D eigenvalue weighted by Crippen LogP contribution is -2.49. The highest BCUT2D eigenvalue weighted by molar-refractivity contribution is 5.98. The average Bonchev–Trinajstić information content (AvgIpc) is 3.16. The number of nitrogens with zero attached hydrogens (tertiary/aromatic N) is 3. The maximum atomic E-state index is 12.9. The zero-order valence-corrected chi connectivity index (χ0v) is 16.4. The summed E-state index contributed by atoms with van der Waals surface area (Å²) in [5.74, 6) is 0.163. The smallest absolute Gasteiger partial charge is 0.253 e. The Kier molecular flexibility index (Phi) is 5.44. The van der Waals surface area contributed by atoms with E-state index in [2.05, 4.69) is 29.2 Å². The molecule has 5 nitrogen and oxygen atoms in total. The molecule has 0 radical (unpaired) electrons. The van der Waals surface area contributed by atoms with Crippen LogP contribution in [0.4, 0.5) is 5.69 Å². The topological polar surface area (TPSA) is 43.9 Å². The van der Waals surface area contributed by atoms with E-state index in [0.717, 1.165) is 62.4 Å². The predicted molar refractivity (Wildman–Crippen MR) is 111 cm³/mol. The fourth-order valence-electron chi connectivity index (χ4n) is 4.15. The Morgan fingerprint density at radius 3 is 2.39 bits per heavy atom. The summed E-state index contributed by atoms with van der Waals surface area (Å²) in [5.41, 5.74) is 4.15. The molecule has 0 bridgehead atoms. The van der Waals surface area contributed by atoms with Crippen LogP contribution in [0, 0.1) is 0 Å². The Morgan fingerprint density at radius 2 is 1.68 bits per heavy atom. The number of carbonyl (C=O) groups excluding carboxylic acids is 2. The second kappa shape index (κ2) is 8.15. The monoisotopic (exact) mass is 377 g/mol. The van der Waals surface area contributed by atoms with Gasteiger partial charge in [0.2, 0.25) is 5.91 Å². The fraction of sp³-hybridized carbons (Fsp3) is 0.391. The second-order valence-corrected chi connectivity index (χ2v) is 7.63. The number of rotatable bonds is 4. The zero-order valence-electron chi connectivity index (χ0n) is 16.4. The van der Waals surface area contributed by atoms with Crippen LogP contribution in [0.1, 0.15) is 28.4 Å². The Balaban J connectivity index is 1.32. The molecule has 0 aliphatic carbocycles. The van der Waals surface area contributed by atoms with Gasteiger partial charge in [-0.05, 0) is 42.2 Å². The molecule has 2 aromatic rings. The van der Waals surface area contributed by atoms with Gasteiger partial charge in [0.25, 0.3) is 5.91 Å². The van der Waals surface area contributed by atoms with E-state index in [1.54, 1.807) is 11.8 Å². The molecule has 0 atom stereocenters. The van der Waals surface area contributed by atoms with Crippen LogP contribution in [0.2, 0.25) is 0 Å². The molecule has 2 amide bonds. The van der Waals surface area contributed by atoms with Crippen LogP contribution in [0.5, 0.6) is 0 Å². The summed E-state index contributed by atoms with van der Waals surface area (Å²) in [7, 11) is 0. The molecule has 2 aliphatic rings. The van der Waals surface area contributed by atoms with Crippen molar-refractivity contribution in [2.45, 2.75) is 19.8 Å². The quantitative estimate of drug-likeness (QED) is 0.823. The first kappa shape index (κ1) is 18.7. The van der Waals surface area contributed by atoms with Gasteiger partial charge >= 0.3 is 0 Å². The van der Waals surface area contributed by atoms with Gasteiger partial charge in [0, 0.05) is 57.4 Å². The second-order valence-electron chi connectivity index (χ2n) is 7.63. The van der Waals surface area contributed by atoms with E-state index in [0.29, 0.717) is 6.54 Å². The lowest BCUT2D eigenvalue weighted by atomic mass is 10.1. The minimum atomic E-state index is 0.0597.